The molecule has 0 aliphatic carbocycles. The third-order valence-electron chi connectivity index (χ3n) is 3.37. The van der Waals surface area contributed by atoms with Crippen LogP contribution >= 0.6 is 11.3 Å². The fourth-order valence-electron chi connectivity index (χ4n) is 2.29. The Labute approximate surface area is 147 Å². The molecule has 3 aromatic rings. The lowest BCUT2D eigenvalue weighted by molar-refractivity contribution is -0.0498. The average molecular weight is 360 g/mol. The highest BCUT2D eigenvalue weighted by Gasteiger charge is 2.14. The van der Waals surface area contributed by atoms with Gasteiger partial charge in [-0.2, -0.15) is 8.78 Å². The molecular weight excluding hydrogens is 346 g/mol. The van der Waals surface area contributed by atoms with Gasteiger partial charge in [-0.05, 0) is 30.7 Å². The van der Waals surface area contributed by atoms with Crippen molar-refractivity contribution in [3.8, 4) is 16.2 Å². The first-order valence-electron chi connectivity index (χ1n) is 7.42. The van der Waals surface area contributed by atoms with Gasteiger partial charge in [-0.3, -0.25) is 10.1 Å². The van der Waals surface area contributed by atoms with E-state index in [1.165, 1.54) is 35.6 Å². The summed E-state index contributed by atoms with van der Waals surface area (Å²) < 4.78 is 28.9. The van der Waals surface area contributed by atoms with E-state index >= 15 is 0 Å². The van der Waals surface area contributed by atoms with Crippen LogP contribution in [0.25, 0.3) is 10.4 Å². The fraction of sp³-hybridized carbons (Fsp3) is 0.111. The Bertz CT molecular complexity index is 882. The molecule has 1 N–H and O–H groups in total. The minimum Gasteiger partial charge on any atom is -0.435 e. The van der Waals surface area contributed by atoms with E-state index in [2.05, 4.69) is 15.0 Å². The van der Waals surface area contributed by atoms with E-state index in [9.17, 15) is 13.6 Å². The number of anilines is 1. The standard InChI is InChI=1S/C18H14F2N2O2S/c1-11-15(12-6-3-2-4-7-12)25-18(21-11)22-16(23)13-8-5-9-14(10-13)24-17(19)20/h2-10,17H,1H3,(H,21,22,23). The molecule has 128 valence electrons. The van der Waals surface area contributed by atoms with E-state index < -0.39 is 12.5 Å². The highest BCUT2D eigenvalue weighted by atomic mass is 32.1. The highest BCUT2D eigenvalue weighted by Crippen LogP contribution is 2.32. The zero-order valence-corrected chi connectivity index (χ0v) is 14.0. The fourth-order valence-corrected chi connectivity index (χ4v) is 3.26. The lowest BCUT2D eigenvalue weighted by Gasteiger charge is -2.06. The topological polar surface area (TPSA) is 51.2 Å². The number of thiazole rings is 1. The van der Waals surface area contributed by atoms with Crippen molar-refractivity contribution in [1.29, 1.82) is 0 Å². The Kier molecular flexibility index (Phi) is 5.04. The van der Waals surface area contributed by atoms with Gasteiger partial charge in [0.15, 0.2) is 5.13 Å². The molecule has 0 saturated carbocycles. The molecule has 0 aliphatic heterocycles. The number of hydrogen-bond acceptors (Lipinski definition) is 4. The zero-order chi connectivity index (χ0) is 17.8. The molecule has 3 rings (SSSR count). The molecule has 0 atom stereocenters. The third kappa shape index (κ3) is 4.19. The van der Waals surface area contributed by atoms with Gasteiger partial charge in [-0.25, -0.2) is 4.98 Å². The number of benzene rings is 2. The number of nitrogens with zero attached hydrogens (tertiary/aromatic N) is 1. The van der Waals surface area contributed by atoms with Gasteiger partial charge in [0.25, 0.3) is 5.91 Å². The summed E-state index contributed by atoms with van der Waals surface area (Å²) in [5.74, 6) is -0.504. The van der Waals surface area contributed by atoms with Crippen molar-refractivity contribution < 1.29 is 18.3 Å². The van der Waals surface area contributed by atoms with Crippen molar-refractivity contribution in [3.63, 3.8) is 0 Å². The zero-order valence-electron chi connectivity index (χ0n) is 13.2. The van der Waals surface area contributed by atoms with Gasteiger partial charge in [0.2, 0.25) is 0 Å². The number of hydrogen-bond donors (Lipinski definition) is 1. The number of aromatic nitrogens is 1. The Morgan fingerprint density at radius 2 is 1.92 bits per heavy atom. The Morgan fingerprint density at radius 3 is 2.64 bits per heavy atom. The molecule has 7 heteroatoms. The number of alkyl halides is 2. The van der Waals surface area contributed by atoms with Crippen molar-refractivity contribution in [2.75, 3.05) is 5.32 Å². The number of aryl methyl sites for hydroxylation is 1. The van der Waals surface area contributed by atoms with Gasteiger partial charge >= 0.3 is 6.61 Å². The molecule has 0 fully saturated rings. The first-order valence-corrected chi connectivity index (χ1v) is 8.23. The normalized spacial score (nSPS) is 10.7. The van der Waals surface area contributed by atoms with Crippen molar-refractivity contribution in [2.45, 2.75) is 13.5 Å². The van der Waals surface area contributed by atoms with Gasteiger partial charge in [0.05, 0.1) is 10.6 Å². The number of amides is 1. The third-order valence-corrected chi connectivity index (χ3v) is 4.50. The summed E-state index contributed by atoms with van der Waals surface area (Å²) >= 11 is 1.36. The maximum atomic E-state index is 12.3. The molecule has 0 spiro atoms. The van der Waals surface area contributed by atoms with Crippen molar-refractivity contribution in [2.24, 2.45) is 0 Å². The van der Waals surface area contributed by atoms with Crippen LogP contribution in [0.2, 0.25) is 0 Å². The minimum absolute atomic E-state index is 0.0667. The largest absolute Gasteiger partial charge is 0.435 e. The predicted octanol–water partition coefficient (Wildman–Crippen LogP) is 4.97. The van der Waals surface area contributed by atoms with Crippen molar-refractivity contribution in [1.82, 2.24) is 4.98 Å². The van der Waals surface area contributed by atoms with E-state index in [-0.39, 0.29) is 11.3 Å². The van der Waals surface area contributed by atoms with Gasteiger partial charge in [0, 0.05) is 5.56 Å². The van der Waals surface area contributed by atoms with Crippen LogP contribution in [0.15, 0.2) is 54.6 Å². The first-order chi connectivity index (χ1) is 12.0. The SMILES string of the molecule is Cc1nc(NC(=O)c2cccc(OC(F)F)c2)sc1-c1ccccc1. The smallest absolute Gasteiger partial charge is 0.387 e. The summed E-state index contributed by atoms with van der Waals surface area (Å²) in [6.45, 7) is -1.07. The van der Waals surface area contributed by atoms with E-state index in [1.54, 1.807) is 0 Å². The second-order valence-corrected chi connectivity index (χ2v) is 6.16. The number of ether oxygens (including phenoxy) is 1. The summed E-state index contributed by atoms with van der Waals surface area (Å²) in [5, 5.41) is 3.14. The number of rotatable bonds is 5. The second-order valence-electron chi connectivity index (χ2n) is 5.16. The van der Waals surface area contributed by atoms with E-state index in [1.807, 2.05) is 37.3 Å². The van der Waals surface area contributed by atoms with Gasteiger partial charge in [0.1, 0.15) is 5.75 Å². The molecule has 0 saturated heterocycles. The van der Waals surface area contributed by atoms with E-state index in [0.717, 1.165) is 16.1 Å². The van der Waals surface area contributed by atoms with E-state index in [0.29, 0.717) is 5.13 Å². The molecule has 0 radical (unpaired) electrons. The van der Waals surface area contributed by atoms with Crippen molar-refractivity contribution >= 4 is 22.4 Å². The molecule has 0 unspecified atom stereocenters. The monoisotopic (exact) mass is 360 g/mol. The average Bonchev–Trinajstić information content (AvgIpc) is 2.95. The first kappa shape index (κ1) is 17.0. The highest BCUT2D eigenvalue weighted by molar-refractivity contribution is 7.19. The van der Waals surface area contributed by atoms with Crippen LogP contribution in [0.3, 0.4) is 0 Å². The quantitative estimate of drug-likeness (QED) is 0.699. The molecule has 4 nitrogen and oxygen atoms in total. The maximum Gasteiger partial charge on any atom is 0.387 e. The van der Waals surface area contributed by atoms with Crippen LogP contribution in [-0.2, 0) is 0 Å². The molecule has 2 aromatic carbocycles. The number of carbonyl (C=O) groups is 1. The van der Waals surface area contributed by atoms with Gasteiger partial charge in [-0.15, -0.1) is 0 Å². The summed E-state index contributed by atoms with van der Waals surface area (Å²) in [7, 11) is 0. The number of carbonyl (C=O) groups excluding carboxylic acids is 1. The van der Waals surface area contributed by atoms with Crippen LogP contribution in [0, 0.1) is 6.92 Å². The van der Waals surface area contributed by atoms with Crippen LogP contribution in [0.4, 0.5) is 13.9 Å². The predicted molar refractivity (Wildman–Crippen MR) is 93.3 cm³/mol. The van der Waals surface area contributed by atoms with Crippen LogP contribution in [0.5, 0.6) is 5.75 Å². The Balaban J connectivity index is 1.78. The van der Waals surface area contributed by atoms with Gasteiger partial charge < -0.3 is 4.74 Å². The number of nitrogens with one attached hydrogen (secondary N) is 1. The van der Waals surface area contributed by atoms with Crippen LogP contribution in [0.1, 0.15) is 16.1 Å². The molecular formula is C18H14F2N2O2S. The summed E-state index contributed by atoms with van der Waals surface area (Å²) in [6, 6.07) is 15.4. The lowest BCUT2D eigenvalue weighted by atomic mass is 10.2. The van der Waals surface area contributed by atoms with Crippen LogP contribution < -0.4 is 10.1 Å². The molecule has 0 bridgehead atoms. The molecule has 1 aromatic heterocycles. The molecule has 1 amide bonds. The summed E-state index contributed by atoms with van der Waals surface area (Å²) in [5.41, 5.74) is 2.04. The number of halogens is 2. The molecule has 0 aliphatic rings. The van der Waals surface area contributed by atoms with Crippen molar-refractivity contribution in [3.05, 3.63) is 65.9 Å². The Hall–Kier alpha value is -2.80. The molecule has 1 heterocycles. The minimum atomic E-state index is -2.94. The maximum absolute atomic E-state index is 12.3. The second kappa shape index (κ2) is 7.40. The van der Waals surface area contributed by atoms with Crippen LogP contribution in [-0.4, -0.2) is 17.5 Å². The van der Waals surface area contributed by atoms with E-state index in [4.69, 9.17) is 0 Å². The van der Waals surface area contributed by atoms with Gasteiger partial charge in [-0.1, -0.05) is 47.7 Å². The lowest BCUT2D eigenvalue weighted by Crippen LogP contribution is -2.12. The Morgan fingerprint density at radius 1 is 1.16 bits per heavy atom. The summed E-state index contributed by atoms with van der Waals surface area (Å²) in [6.07, 6.45) is 0. The molecule has 25 heavy (non-hydrogen) atoms. The summed E-state index contributed by atoms with van der Waals surface area (Å²) in [4.78, 5) is 17.6.